The fourth-order valence-corrected chi connectivity index (χ4v) is 4.55. The summed E-state index contributed by atoms with van der Waals surface area (Å²) in [6, 6.07) is 8.86. The van der Waals surface area contributed by atoms with Crippen molar-refractivity contribution in [3.63, 3.8) is 0 Å². The minimum absolute atomic E-state index is 0.0689. The van der Waals surface area contributed by atoms with E-state index in [1.165, 1.54) is 24.9 Å². The summed E-state index contributed by atoms with van der Waals surface area (Å²) in [5.41, 5.74) is 2.19. The van der Waals surface area contributed by atoms with E-state index < -0.39 is 0 Å². The molecule has 3 rings (SSSR count). The maximum absolute atomic E-state index is 12.5. The van der Waals surface area contributed by atoms with Crippen LogP contribution in [0.25, 0.3) is 0 Å². The maximum atomic E-state index is 12.5. The van der Waals surface area contributed by atoms with Gasteiger partial charge in [-0.2, -0.15) is 0 Å². The predicted molar refractivity (Wildman–Crippen MR) is 116 cm³/mol. The average molecular weight is 480 g/mol. The van der Waals surface area contributed by atoms with Gasteiger partial charge < -0.3 is 14.6 Å². The highest BCUT2D eigenvalue weighted by atomic mass is 79.9. The Kier molecular flexibility index (Phi) is 6.93. The molecule has 0 radical (unpaired) electrons. The lowest BCUT2D eigenvalue weighted by molar-refractivity contribution is -0.116. The van der Waals surface area contributed by atoms with E-state index >= 15 is 0 Å². The van der Waals surface area contributed by atoms with Crippen molar-refractivity contribution in [2.75, 3.05) is 12.4 Å². The Morgan fingerprint density at radius 1 is 1.36 bits per heavy atom. The summed E-state index contributed by atoms with van der Waals surface area (Å²) >= 11 is 6.46. The lowest BCUT2D eigenvalue weighted by Gasteiger charge is -2.14. The van der Waals surface area contributed by atoms with Gasteiger partial charge in [0.1, 0.15) is 10.9 Å². The molecule has 0 spiro atoms. The van der Waals surface area contributed by atoms with Gasteiger partial charge in [0, 0.05) is 38.7 Å². The Labute approximate surface area is 179 Å². The predicted octanol–water partition coefficient (Wildman–Crippen LogP) is 4.32. The first-order valence-electron chi connectivity index (χ1n) is 8.32. The molecule has 146 valence electrons. The zero-order chi connectivity index (χ0) is 20.1. The number of thioether (sulfide) groups is 1. The number of carbonyl (C=O) groups excluding carboxylic acids is 1. The number of benzene rings is 1. The van der Waals surface area contributed by atoms with Gasteiger partial charge >= 0.3 is 0 Å². The van der Waals surface area contributed by atoms with E-state index in [9.17, 15) is 9.59 Å². The van der Waals surface area contributed by atoms with Crippen molar-refractivity contribution in [1.29, 1.82) is 0 Å². The standard InChI is InChI=1S/C19H18BrN3O3S2/c1-12-10-27-19(21-12)28-11-15-7-16(24)17(26-2)8-23(15)9-18(25)22-14-5-3-13(20)4-6-14/h3-8,10H,9,11H2,1-2H3,(H,22,25). The van der Waals surface area contributed by atoms with Crippen molar-refractivity contribution in [2.45, 2.75) is 23.6 Å². The summed E-state index contributed by atoms with van der Waals surface area (Å²) in [6.45, 7) is 2.01. The number of hydrogen-bond donors (Lipinski definition) is 1. The van der Waals surface area contributed by atoms with Crippen molar-refractivity contribution in [1.82, 2.24) is 9.55 Å². The molecular weight excluding hydrogens is 462 g/mol. The van der Waals surface area contributed by atoms with Gasteiger partial charge in [0.15, 0.2) is 5.75 Å². The fourth-order valence-electron chi connectivity index (χ4n) is 2.44. The van der Waals surface area contributed by atoms with E-state index in [0.29, 0.717) is 11.4 Å². The molecule has 0 aliphatic heterocycles. The number of nitrogens with zero attached hydrogens (tertiary/aromatic N) is 2. The van der Waals surface area contributed by atoms with Crippen LogP contribution >= 0.6 is 39.0 Å². The topological polar surface area (TPSA) is 73.2 Å². The Bertz CT molecular complexity index is 1030. The van der Waals surface area contributed by atoms with Crippen molar-refractivity contribution in [3.05, 3.63) is 68.0 Å². The van der Waals surface area contributed by atoms with E-state index in [1.54, 1.807) is 22.1 Å². The minimum Gasteiger partial charge on any atom is -0.491 e. The number of amides is 1. The number of carbonyl (C=O) groups is 1. The first kappa shape index (κ1) is 20.6. The summed E-state index contributed by atoms with van der Waals surface area (Å²) < 4.78 is 8.73. The Morgan fingerprint density at radius 2 is 2.11 bits per heavy atom. The first-order valence-corrected chi connectivity index (χ1v) is 11.0. The highest BCUT2D eigenvalue weighted by Gasteiger charge is 2.12. The van der Waals surface area contributed by atoms with Gasteiger partial charge in [0.25, 0.3) is 0 Å². The second-order valence-corrected chi connectivity index (χ2v) is 8.92. The normalized spacial score (nSPS) is 10.7. The highest BCUT2D eigenvalue weighted by molar-refractivity contribution is 9.10. The second-order valence-electron chi connectivity index (χ2n) is 5.92. The number of aryl methyl sites for hydroxylation is 1. The summed E-state index contributed by atoms with van der Waals surface area (Å²) in [4.78, 5) is 29.1. The molecule has 2 heterocycles. The van der Waals surface area contributed by atoms with Crippen LogP contribution in [0.3, 0.4) is 0 Å². The molecule has 6 nitrogen and oxygen atoms in total. The van der Waals surface area contributed by atoms with Crippen LogP contribution in [0.2, 0.25) is 0 Å². The number of hydrogen-bond acceptors (Lipinski definition) is 6. The lowest BCUT2D eigenvalue weighted by Crippen LogP contribution is -2.22. The molecule has 0 aliphatic carbocycles. The van der Waals surface area contributed by atoms with Crippen LogP contribution in [0, 0.1) is 6.92 Å². The van der Waals surface area contributed by atoms with Crippen LogP contribution in [0.1, 0.15) is 11.4 Å². The summed E-state index contributed by atoms with van der Waals surface area (Å²) in [5, 5.41) is 4.84. The third-order valence-electron chi connectivity index (χ3n) is 3.79. The third-order valence-corrected chi connectivity index (χ3v) is 6.49. The minimum atomic E-state index is -0.210. The van der Waals surface area contributed by atoms with Gasteiger partial charge in [0.05, 0.1) is 13.3 Å². The van der Waals surface area contributed by atoms with Gasteiger partial charge in [-0.1, -0.05) is 27.7 Å². The molecule has 0 saturated carbocycles. The summed E-state index contributed by atoms with van der Waals surface area (Å²) in [6.07, 6.45) is 1.58. The van der Waals surface area contributed by atoms with Crippen molar-refractivity contribution in [2.24, 2.45) is 0 Å². The van der Waals surface area contributed by atoms with E-state index in [2.05, 4.69) is 26.2 Å². The molecule has 0 aliphatic rings. The van der Waals surface area contributed by atoms with E-state index in [0.717, 1.165) is 20.2 Å². The third kappa shape index (κ3) is 5.46. The maximum Gasteiger partial charge on any atom is 0.244 e. The zero-order valence-corrected chi connectivity index (χ0v) is 18.5. The zero-order valence-electron chi connectivity index (χ0n) is 15.3. The number of pyridine rings is 1. The van der Waals surface area contributed by atoms with E-state index in [1.807, 2.05) is 36.6 Å². The van der Waals surface area contributed by atoms with Gasteiger partial charge in [0.2, 0.25) is 11.3 Å². The molecule has 3 aromatic rings. The number of aromatic nitrogens is 2. The van der Waals surface area contributed by atoms with Crippen LogP contribution in [-0.4, -0.2) is 22.6 Å². The molecule has 0 saturated heterocycles. The van der Waals surface area contributed by atoms with Crippen LogP contribution in [0.5, 0.6) is 5.75 Å². The largest absolute Gasteiger partial charge is 0.491 e. The van der Waals surface area contributed by atoms with Gasteiger partial charge in [-0.15, -0.1) is 11.3 Å². The van der Waals surface area contributed by atoms with Crippen LogP contribution in [0.15, 0.2) is 55.5 Å². The van der Waals surface area contributed by atoms with Crippen LogP contribution in [0.4, 0.5) is 5.69 Å². The second kappa shape index (κ2) is 9.40. The molecule has 9 heteroatoms. The van der Waals surface area contributed by atoms with E-state index in [4.69, 9.17) is 4.74 Å². The Hall–Kier alpha value is -2.10. The SMILES string of the molecule is COc1cn(CC(=O)Nc2ccc(Br)cc2)c(CSc2nc(C)cs2)cc1=O. The molecule has 2 aromatic heterocycles. The number of rotatable bonds is 7. The number of thiazole rings is 1. The van der Waals surface area contributed by atoms with Crippen LogP contribution in [-0.2, 0) is 17.1 Å². The molecule has 0 bridgehead atoms. The molecule has 1 aromatic carbocycles. The summed E-state index contributed by atoms with van der Waals surface area (Å²) in [7, 11) is 1.44. The number of methoxy groups -OCH3 is 1. The molecule has 28 heavy (non-hydrogen) atoms. The van der Waals surface area contributed by atoms with Crippen molar-refractivity contribution in [3.8, 4) is 5.75 Å². The molecule has 0 unspecified atom stereocenters. The van der Waals surface area contributed by atoms with Gasteiger partial charge in [-0.3, -0.25) is 9.59 Å². The van der Waals surface area contributed by atoms with Gasteiger partial charge in [-0.25, -0.2) is 4.98 Å². The quantitative estimate of drug-likeness (QED) is 0.510. The Morgan fingerprint density at radius 3 is 2.75 bits per heavy atom. The Balaban J connectivity index is 1.77. The molecule has 0 fully saturated rings. The lowest BCUT2D eigenvalue weighted by atomic mass is 10.3. The molecule has 1 amide bonds. The van der Waals surface area contributed by atoms with Crippen LogP contribution < -0.4 is 15.5 Å². The highest BCUT2D eigenvalue weighted by Crippen LogP contribution is 2.26. The smallest absolute Gasteiger partial charge is 0.244 e. The first-order chi connectivity index (χ1) is 13.4. The monoisotopic (exact) mass is 479 g/mol. The fraction of sp³-hybridized carbons (Fsp3) is 0.211. The number of halogens is 1. The van der Waals surface area contributed by atoms with Crippen molar-refractivity contribution >= 4 is 50.6 Å². The molecular formula is C19H18BrN3O3S2. The average Bonchev–Trinajstić information content (AvgIpc) is 3.08. The van der Waals surface area contributed by atoms with E-state index in [-0.39, 0.29) is 23.6 Å². The van der Waals surface area contributed by atoms with Crippen molar-refractivity contribution < 1.29 is 9.53 Å². The van der Waals surface area contributed by atoms with Gasteiger partial charge in [-0.05, 0) is 31.2 Å². The summed E-state index contributed by atoms with van der Waals surface area (Å²) in [5.74, 6) is 0.539. The number of nitrogens with one attached hydrogen (secondary N) is 1. The number of ether oxygens (including phenoxy) is 1. The molecule has 0 atom stereocenters. The molecule has 1 N–H and O–H groups in total. The number of anilines is 1.